The molecule has 3 aromatic carbocycles. The van der Waals surface area contributed by atoms with Gasteiger partial charge in [0.25, 0.3) is 0 Å². The highest BCUT2D eigenvalue weighted by Crippen LogP contribution is 2.21. The van der Waals surface area contributed by atoms with Crippen molar-refractivity contribution in [2.24, 2.45) is 0 Å². The highest BCUT2D eigenvalue weighted by atomic mass is 32.1. The first kappa shape index (κ1) is 21.7. The molecule has 1 N–H and O–H groups in total. The van der Waals surface area contributed by atoms with Crippen molar-refractivity contribution in [3.63, 3.8) is 0 Å². The average Bonchev–Trinajstić information content (AvgIpc) is 3.29. The fourth-order valence-electron chi connectivity index (χ4n) is 3.44. The number of hydrogen-bond acceptors (Lipinski definition) is 5. The Kier molecular flexibility index (Phi) is 7.60. The maximum absolute atomic E-state index is 12.7. The number of carbonyl (C=O) groups is 1. The Morgan fingerprint density at radius 3 is 2.06 bits per heavy atom. The standard InChI is InChI=1S/C26H26N4OS/c31-25(27-17-16-21-10-4-1-5-11-21)20-30(19-23-14-8-3-9-15-23)26-28-24(29-32-26)18-22-12-6-2-7-13-22/h1-15H,16-20H2,(H,27,31). The van der Waals surface area contributed by atoms with Crippen LogP contribution in [-0.2, 0) is 24.2 Å². The van der Waals surface area contributed by atoms with Crippen molar-refractivity contribution < 1.29 is 4.79 Å². The summed E-state index contributed by atoms with van der Waals surface area (Å²) < 4.78 is 4.54. The van der Waals surface area contributed by atoms with Gasteiger partial charge in [0.2, 0.25) is 11.0 Å². The van der Waals surface area contributed by atoms with E-state index in [1.807, 2.05) is 59.5 Å². The third-order valence-corrected chi connectivity index (χ3v) is 5.88. The number of nitrogens with one attached hydrogen (secondary N) is 1. The van der Waals surface area contributed by atoms with Gasteiger partial charge >= 0.3 is 0 Å². The van der Waals surface area contributed by atoms with Crippen LogP contribution in [0.2, 0.25) is 0 Å². The van der Waals surface area contributed by atoms with Crippen LogP contribution in [-0.4, -0.2) is 28.4 Å². The molecule has 0 saturated carbocycles. The van der Waals surface area contributed by atoms with E-state index in [1.54, 1.807) is 0 Å². The summed E-state index contributed by atoms with van der Waals surface area (Å²) in [5, 5.41) is 3.80. The molecule has 0 bridgehead atoms. The van der Waals surface area contributed by atoms with E-state index in [0.717, 1.165) is 22.9 Å². The van der Waals surface area contributed by atoms with Gasteiger partial charge in [0.15, 0.2) is 0 Å². The van der Waals surface area contributed by atoms with Gasteiger partial charge in [0.1, 0.15) is 5.82 Å². The molecule has 4 aromatic rings. The molecule has 0 saturated heterocycles. The summed E-state index contributed by atoms with van der Waals surface area (Å²) >= 11 is 1.34. The van der Waals surface area contributed by atoms with Crippen molar-refractivity contribution in [2.75, 3.05) is 18.0 Å². The Labute approximate surface area is 192 Å². The third-order valence-electron chi connectivity index (χ3n) is 5.06. The van der Waals surface area contributed by atoms with Gasteiger partial charge in [-0.3, -0.25) is 4.79 Å². The van der Waals surface area contributed by atoms with Crippen molar-refractivity contribution in [1.29, 1.82) is 0 Å². The first-order valence-corrected chi connectivity index (χ1v) is 11.5. The van der Waals surface area contributed by atoms with Gasteiger partial charge in [-0.2, -0.15) is 4.37 Å². The topological polar surface area (TPSA) is 58.1 Å². The summed E-state index contributed by atoms with van der Waals surface area (Å²) in [4.78, 5) is 19.4. The number of anilines is 1. The number of aromatic nitrogens is 2. The van der Waals surface area contributed by atoms with Crippen molar-refractivity contribution in [3.05, 3.63) is 114 Å². The minimum Gasteiger partial charge on any atom is -0.354 e. The van der Waals surface area contributed by atoms with E-state index in [1.165, 1.54) is 22.7 Å². The van der Waals surface area contributed by atoms with Crippen LogP contribution in [0.4, 0.5) is 5.13 Å². The number of hydrogen-bond donors (Lipinski definition) is 1. The Balaban J connectivity index is 1.41. The minimum atomic E-state index is -0.0170. The molecule has 1 aromatic heterocycles. The van der Waals surface area contributed by atoms with Crippen LogP contribution >= 0.6 is 11.5 Å². The monoisotopic (exact) mass is 442 g/mol. The van der Waals surface area contributed by atoms with Crippen LogP contribution in [0.1, 0.15) is 22.5 Å². The van der Waals surface area contributed by atoms with Crippen molar-refractivity contribution in [1.82, 2.24) is 14.7 Å². The van der Waals surface area contributed by atoms with E-state index in [4.69, 9.17) is 4.98 Å². The Bertz CT molecular complexity index is 1100. The maximum Gasteiger partial charge on any atom is 0.239 e. The summed E-state index contributed by atoms with van der Waals surface area (Å²) in [6.07, 6.45) is 1.49. The zero-order valence-corrected chi connectivity index (χ0v) is 18.7. The molecule has 6 heteroatoms. The van der Waals surface area contributed by atoms with Gasteiger partial charge < -0.3 is 10.2 Å². The molecular weight excluding hydrogens is 416 g/mol. The largest absolute Gasteiger partial charge is 0.354 e. The fourth-order valence-corrected chi connectivity index (χ4v) is 4.12. The zero-order valence-electron chi connectivity index (χ0n) is 17.9. The van der Waals surface area contributed by atoms with Crippen molar-refractivity contribution >= 4 is 22.6 Å². The van der Waals surface area contributed by atoms with Crippen LogP contribution in [0, 0.1) is 0 Å². The Hall–Kier alpha value is -3.51. The Morgan fingerprint density at radius 2 is 1.41 bits per heavy atom. The molecular formula is C26H26N4OS. The molecule has 162 valence electrons. The normalized spacial score (nSPS) is 10.6. The molecule has 1 heterocycles. The second-order valence-electron chi connectivity index (χ2n) is 7.58. The molecule has 0 aliphatic rings. The van der Waals surface area contributed by atoms with E-state index < -0.39 is 0 Å². The third kappa shape index (κ3) is 6.49. The molecule has 5 nitrogen and oxygen atoms in total. The SMILES string of the molecule is O=C(CN(Cc1ccccc1)c1nc(Cc2ccccc2)ns1)NCCc1ccccc1. The predicted molar refractivity (Wildman–Crippen MR) is 130 cm³/mol. The van der Waals surface area contributed by atoms with Crippen LogP contribution in [0.15, 0.2) is 91.0 Å². The molecule has 0 fully saturated rings. The van der Waals surface area contributed by atoms with Crippen molar-refractivity contribution in [2.45, 2.75) is 19.4 Å². The summed E-state index contributed by atoms with van der Waals surface area (Å²) in [6.45, 7) is 1.45. The lowest BCUT2D eigenvalue weighted by atomic mass is 10.1. The fraction of sp³-hybridized carbons (Fsp3) is 0.192. The summed E-state index contributed by atoms with van der Waals surface area (Å²) in [6, 6.07) is 30.5. The summed E-state index contributed by atoms with van der Waals surface area (Å²) in [7, 11) is 0. The number of rotatable bonds is 10. The van der Waals surface area contributed by atoms with E-state index in [9.17, 15) is 4.79 Å². The molecule has 0 aliphatic carbocycles. The van der Waals surface area contributed by atoms with Gasteiger partial charge in [-0.1, -0.05) is 91.0 Å². The highest BCUT2D eigenvalue weighted by Gasteiger charge is 2.17. The van der Waals surface area contributed by atoms with Crippen LogP contribution in [0.5, 0.6) is 0 Å². The van der Waals surface area contributed by atoms with Gasteiger partial charge in [0, 0.05) is 31.0 Å². The van der Waals surface area contributed by atoms with Gasteiger partial charge in [-0.25, -0.2) is 4.98 Å². The van der Waals surface area contributed by atoms with Crippen molar-refractivity contribution in [3.8, 4) is 0 Å². The molecule has 0 spiro atoms. The molecule has 0 unspecified atom stereocenters. The van der Waals surface area contributed by atoms with Crippen LogP contribution in [0.25, 0.3) is 0 Å². The molecule has 0 atom stereocenters. The molecule has 0 radical (unpaired) electrons. The van der Waals surface area contributed by atoms with Crippen LogP contribution in [0.3, 0.4) is 0 Å². The van der Waals surface area contributed by atoms with Gasteiger partial charge in [0.05, 0.1) is 6.54 Å². The maximum atomic E-state index is 12.7. The van der Waals surface area contributed by atoms with Crippen LogP contribution < -0.4 is 10.2 Å². The lowest BCUT2D eigenvalue weighted by Crippen LogP contribution is -2.37. The first-order chi connectivity index (χ1) is 15.8. The molecule has 4 rings (SSSR count). The Morgan fingerprint density at radius 1 is 0.812 bits per heavy atom. The molecule has 32 heavy (non-hydrogen) atoms. The van der Waals surface area contributed by atoms with Gasteiger partial charge in [-0.15, -0.1) is 0 Å². The highest BCUT2D eigenvalue weighted by molar-refractivity contribution is 7.09. The minimum absolute atomic E-state index is 0.0170. The van der Waals surface area contributed by atoms with E-state index in [-0.39, 0.29) is 12.5 Å². The average molecular weight is 443 g/mol. The molecule has 0 aliphatic heterocycles. The lowest BCUT2D eigenvalue weighted by molar-refractivity contribution is -0.119. The van der Waals surface area contributed by atoms with E-state index >= 15 is 0 Å². The summed E-state index contributed by atoms with van der Waals surface area (Å²) in [5.74, 6) is 0.760. The smallest absolute Gasteiger partial charge is 0.239 e. The van der Waals surface area contributed by atoms with Gasteiger partial charge in [-0.05, 0) is 23.1 Å². The number of amides is 1. The molecule has 1 amide bonds. The number of nitrogens with zero attached hydrogens (tertiary/aromatic N) is 3. The van der Waals surface area contributed by atoms with E-state index in [2.05, 4.69) is 46.1 Å². The first-order valence-electron chi connectivity index (χ1n) is 10.7. The number of carbonyl (C=O) groups excluding carboxylic acids is 1. The zero-order chi connectivity index (χ0) is 22.0. The lowest BCUT2D eigenvalue weighted by Gasteiger charge is -2.21. The van der Waals surface area contributed by atoms with E-state index in [0.29, 0.717) is 19.5 Å². The predicted octanol–water partition coefficient (Wildman–Crippen LogP) is 4.49. The number of benzene rings is 3. The quantitative estimate of drug-likeness (QED) is 0.393. The summed E-state index contributed by atoms with van der Waals surface area (Å²) in [5.41, 5.74) is 3.51. The second-order valence-corrected chi connectivity index (χ2v) is 8.31. The second kappa shape index (κ2) is 11.2.